The number of nitrogens with one attached hydrogen (secondary N) is 1. The minimum Gasteiger partial charge on any atom is -0.481 e. The zero-order valence-corrected chi connectivity index (χ0v) is 13.4. The minimum absolute atomic E-state index is 0.220. The number of aliphatic carboxylic acids is 1. The van der Waals surface area contributed by atoms with E-state index in [-0.39, 0.29) is 18.0 Å². The van der Waals surface area contributed by atoms with Gasteiger partial charge in [0.2, 0.25) is 5.91 Å². The van der Waals surface area contributed by atoms with Gasteiger partial charge in [0.25, 0.3) is 5.56 Å². The van der Waals surface area contributed by atoms with E-state index in [1.54, 1.807) is 12.1 Å². The molecule has 2 aromatic rings. The number of rotatable bonds is 5. The first-order valence-electron chi connectivity index (χ1n) is 7.43. The van der Waals surface area contributed by atoms with Crippen molar-refractivity contribution in [3.05, 3.63) is 63.5 Å². The van der Waals surface area contributed by atoms with Crippen molar-refractivity contribution in [2.24, 2.45) is 11.8 Å². The van der Waals surface area contributed by atoms with Crippen LogP contribution in [0.4, 0.5) is 5.69 Å². The number of halogens is 1. The van der Waals surface area contributed by atoms with Crippen LogP contribution in [0.15, 0.2) is 47.4 Å². The predicted molar refractivity (Wildman–Crippen MR) is 89.1 cm³/mol. The number of carboxylic acid groups (broad SMARTS) is 1. The number of carbonyl (C=O) groups excluding carboxylic acids is 1. The molecular formula is C17H15ClN2O4. The lowest BCUT2D eigenvalue weighted by atomic mass is 10.2. The highest BCUT2D eigenvalue weighted by Gasteiger charge is 2.48. The molecule has 2 N–H and O–H groups in total. The molecule has 0 aliphatic heterocycles. The van der Waals surface area contributed by atoms with Gasteiger partial charge in [-0.3, -0.25) is 14.4 Å². The smallest absolute Gasteiger partial charge is 0.307 e. The molecule has 0 bridgehead atoms. The van der Waals surface area contributed by atoms with Crippen molar-refractivity contribution in [3.8, 4) is 0 Å². The second-order valence-corrected chi connectivity index (χ2v) is 6.16. The van der Waals surface area contributed by atoms with Crippen LogP contribution < -0.4 is 10.9 Å². The van der Waals surface area contributed by atoms with E-state index in [4.69, 9.17) is 16.7 Å². The monoisotopic (exact) mass is 346 g/mol. The highest BCUT2D eigenvalue weighted by atomic mass is 35.5. The molecule has 124 valence electrons. The molecule has 0 spiro atoms. The summed E-state index contributed by atoms with van der Waals surface area (Å²) in [5.74, 6) is -2.42. The third kappa shape index (κ3) is 3.49. The Balaban J connectivity index is 1.75. The van der Waals surface area contributed by atoms with Gasteiger partial charge in [0, 0.05) is 17.3 Å². The number of hydrogen-bond acceptors (Lipinski definition) is 3. The van der Waals surface area contributed by atoms with Gasteiger partial charge in [-0.1, -0.05) is 29.8 Å². The third-order valence-corrected chi connectivity index (χ3v) is 4.36. The lowest BCUT2D eigenvalue weighted by Gasteiger charge is -2.10. The quantitative estimate of drug-likeness (QED) is 0.868. The zero-order valence-electron chi connectivity index (χ0n) is 12.6. The summed E-state index contributed by atoms with van der Waals surface area (Å²) in [6.45, 7) is 0.281. The lowest BCUT2D eigenvalue weighted by Crippen LogP contribution is -2.22. The van der Waals surface area contributed by atoms with Crippen LogP contribution in [-0.4, -0.2) is 21.6 Å². The van der Waals surface area contributed by atoms with Gasteiger partial charge in [-0.25, -0.2) is 0 Å². The van der Waals surface area contributed by atoms with Crippen LogP contribution in [-0.2, 0) is 16.1 Å². The molecule has 1 amide bonds. The molecule has 1 saturated carbocycles. The summed E-state index contributed by atoms with van der Waals surface area (Å²) in [5, 5.41) is 12.1. The van der Waals surface area contributed by atoms with E-state index in [0.29, 0.717) is 17.1 Å². The Morgan fingerprint density at radius 1 is 1.21 bits per heavy atom. The number of benzene rings is 1. The van der Waals surface area contributed by atoms with Crippen molar-refractivity contribution in [1.82, 2.24) is 4.57 Å². The van der Waals surface area contributed by atoms with E-state index in [1.165, 1.54) is 22.9 Å². The molecule has 7 heteroatoms. The fraction of sp³-hybridized carbons (Fsp3) is 0.235. The molecule has 0 unspecified atom stereocenters. The number of amides is 1. The van der Waals surface area contributed by atoms with E-state index in [1.807, 2.05) is 12.1 Å². The van der Waals surface area contributed by atoms with Crippen LogP contribution in [0.3, 0.4) is 0 Å². The molecule has 24 heavy (non-hydrogen) atoms. The van der Waals surface area contributed by atoms with Crippen LogP contribution in [0.2, 0.25) is 5.02 Å². The maximum Gasteiger partial charge on any atom is 0.307 e. The molecule has 1 aromatic carbocycles. The average Bonchev–Trinajstić information content (AvgIpc) is 3.33. The van der Waals surface area contributed by atoms with Crippen molar-refractivity contribution in [2.45, 2.75) is 13.0 Å². The van der Waals surface area contributed by atoms with Crippen molar-refractivity contribution in [1.29, 1.82) is 0 Å². The Hall–Kier alpha value is -2.60. The Kier molecular flexibility index (Phi) is 4.40. The number of carboxylic acids is 1. The number of pyridine rings is 1. The molecule has 1 aliphatic carbocycles. The second-order valence-electron chi connectivity index (χ2n) is 5.75. The Morgan fingerprint density at radius 3 is 2.62 bits per heavy atom. The molecule has 1 heterocycles. The second kappa shape index (κ2) is 6.49. The number of aromatic nitrogens is 1. The van der Waals surface area contributed by atoms with Crippen molar-refractivity contribution in [3.63, 3.8) is 0 Å². The van der Waals surface area contributed by atoms with E-state index in [2.05, 4.69) is 5.32 Å². The normalized spacial score (nSPS) is 18.9. The number of nitrogens with zero attached hydrogens (tertiary/aromatic N) is 1. The Morgan fingerprint density at radius 2 is 1.96 bits per heavy atom. The first-order chi connectivity index (χ1) is 11.5. The Bertz CT molecular complexity index is 862. The molecule has 2 atom stereocenters. The van der Waals surface area contributed by atoms with Gasteiger partial charge < -0.3 is 15.0 Å². The fourth-order valence-corrected chi connectivity index (χ4v) is 2.73. The topological polar surface area (TPSA) is 88.4 Å². The lowest BCUT2D eigenvalue weighted by molar-refractivity contribution is -0.139. The molecule has 0 saturated heterocycles. The third-order valence-electron chi connectivity index (χ3n) is 3.99. The summed E-state index contributed by atoms with van der Waals surface area (Å²) in [4.78, 5) is 34.8. The van der Waals surface area contributed by atoms with Crippen LogP contribution in [0.1, 0.15) is 12.0 Å². The first kappa shape index (κ1) is 16.3. The molecule has 1 aromatic heterocycles. The summed E-state index contributed by atoms with van der Waals surface area (Å²) in [7, 11) is 0. The summed E-state index contributed by atoms with van der Waals surface area (Å²) in [5.41, 5.74) is 1.02. The molecule has 1 fully saturated rings. The van der Waals surface area contributed by atoms with Crippen molar-refractivity contribution in [2.75, 3.05) is 5.32 Å². The van der Waals surface area contributed by atoms with Gasteiger partial charge in [0.1, 0.15) is 0 Å². The van der Waals surface area contributed by atoms with Gasteiger partial charge in [-0.05, 0) is 24.1 Å². The molecule has 1 aliphatic rings. The van der Waals surface area contributed by atoms with Gasteiger partial charge in [-0.2, -0.15) is 0 Å². The highest BCUT2D eigenvalue weighted by molar-refractivity contribution is 6.31. The van der Waals surface area contributed by atoms with Gasteiger partial charge >= 0.3 is 5.97 Å². The van der Waals surface area contributed by atoms with E-state index >= 15 is 0 Å². The predicted octanol–water partition coefficient (Wildman–Crippen LogP) is 2.21. The average molecular weight is 347 g/mol. The molecular weight excluding hydrogens is 332 g/mol. The van der Waals surface area contributed by atoms with Gasteiger partial charge in [-0.15, -0.1) is 0 Å². The van der Waals surface area contributed by atoms with E-state index in [9.17, 15) is 14.4 Å². The van der Waals surface area contributed by atoms with E-state index in [0.717, 1.165) is 5.56 Å². The minimum atomic E-state index is -0.959. The summed E-state index contributed by atoms with van der Waals surface area (Å²) >= 11 is 6.11. The van der Waals surface area contributed by atoms with Crippen LogP contribution in [0.5, 0.6) is 0 Å². The molecule has 0 radical (unpaired) electrons. The highest BCUT2D eigenvalue weighted by Crippen LogP contribution is 2.39. The maximum atomic E-state index is 12.0. The van der Waals surface area contributed by atoms with Crippen LogP contribution in [0, 0.1) is 11.8 Å². The van der Waals surface area contributed by atoms with Gasteiger partial charge in [0.15, 0.2) is 0 Å². The Labute approximate surface area is 142 Å². The van der Waals surface area contributed by atoms with E-state index < -0.39 is 17.8 Å². The van der Waals surface area contributed by atoms with Crippen molar-refractivity contribution < 1.29 is 14.7 Å². The van der Waals surface area contributed by atoms with Crippen molar-refractivity contribution >= 4 is 29.2 Å². The number of carbonyl (C=O) groups is 2. The van der Waals surface area contributed by atoms with Crippen LogP contribution in [0.25, 0.3) is 0 Å². The molecule has 6 nitrogen and oxygen atoms in total. The summed E-state index contributed by atoms with van der Waals surface area (Å²) in [6, 6.07) is 10.1. The summed E-state index contributed by atoms with van der Waals surface area (Å²) in [6.07, 6.45) is 1.88. The number of anilines is 1. The van der Waals surface area contributed by atoms with Crippen LogP contribution >= 0.6 is 11.6 Å². The largest absolute Gasteiger partial charge is 0.481 e. The number of hydrogen-bond donors (Lipinski definition) is 2. The summed E-state index contributed by atoms with van der Waals surface area (Å²) < 4.78 is 1.44. The zero-order chi connectivity index (χ0) is 17.3. The maximum absolute atomic E-state index is 12.0. The SMILES string of the molecule is O=C(Nc1ccc(=O)n(Cc2ccccc2Cl)c1)[C@H]1C[C@H]1C(=O)O. The molecule has 3 rings (SSSR count). The standard InChI is InChI=1S/C17H15ClN2O4/c18-14-4-2-1-3-10(14)8-20-9-11(5-6-15(20)21)19-16(22)12-7-13(12)17(23)24/h1-6,9,12-13H,7-8H2,(H,19,22)(H,23,24)/t12-,13+/m0/s1. The fourth-order valence-electron chi connectivity index (χ4n) is 2.53. The van der Waals surface area contributed by atoms with Gasteiger partial charge in [0.05, 0.1) is 24.1 Å². The first-order valence-corrected chi connectivity index (χ1v) is 7.81.